The molecule has 0 bridgehead atoms. The van der Waals surface area contributed by atoms with Crippen LogP contribution in [0.4, 0.5) is 5.69 Å². The Morgan fingerprint density at radius 3 is 2.16 bits per heavy atom. The minimum atomic E-state index is -0.612. The predicted octanol–water partition coefficient (Wildman–Crippen LogP) is 3.00. The summed E-state index contributed by atoms with van der Waals surface area (Å²) in [6, 6.07) is 13.5. The normalized spacial score (nSPS) is 11.3. The molecule has 0 aliphatic heterocycles. The number of rotatable bonds is 5. The van der Waals surface area contributed by atoms with Gasteiger partial charge in [0.15, 0.2) is 0 Å². The second-order valence-electron chi connectivity index (χ2n) is 5.37. The molecule has 130 valence electrons. The Labute approximate surface area is 145 Å². The number of ether oxygens (including phenoxy) is 2. The minimum absolute atomic E-state index is 0.156. The van der Waals surface area contributed by atoms with Crippen molar-refractivity contribution in [1.29, 1.82) is 0 Å². The molecule has 0 saturated carbocycles. The van der Waals surface area contributed by atoms with E-state index in [0.29, 0.717) is 0 Å². The van der Waals surface area contributed by atoms with Gasteiger partial charge in [-0.05, 0) is 30.7 Å². The molecule has 2 aromatic carbocycles. The van der Waals surface area contributed by atoms with Gasteiger partial charge in [-0.3, -0.25) is 4.79 Å². The zero-order valence-corrected chi connectivity index (χ0v) is 14.2. The van der Waals surface area contributed by atoms with Crippen LogP contribution in [0, 0.1) is 0 Å². The van der Waals surface area contributed by atoms with Crippen LogP contribution in [-0.4, -0.2) is 32.1 Å². The second kappa shape index (κ2) is 8.10. The van der Waals surface area contributed by atoms with Crippen LogP contribution in [-0.2, 0) is 14.3 Å². The van der Waals surface area contributed by atoms with Crippen LogP contribution < -0.4 is 5.32 Å². The number of carbonyl (C=O) groups excluding carboxylic acids is 3. The third kappa shape index (κ3) is 4.23. The third-order valence-electron chi connectivity index (χ3n) is 3.80. The Bertz CT molecular complexity index is 786. The standard InChI is InChI=1S/C19H19NO5/c1-12(13-7-5-4-6-8-13)17(21)20-16-11-14(18(22)24-2)9-10-15(16)19(23)25-3/h4-12H,1-3H3,(H,20,21)/t12-/m0/s1. The molecule has 0 fully saturated rings. The summed E-state index contributed by atoms with van der Waals surface area (Å²) in [4.78, 5) is 36.2. The Kier molecular flexibility index (Phi) is 5.89. The zero-order valence-electron chi connectivity index (χ0n) is 14.2. The van der Waals surface area contributed by atoms with Crippen molar-refractivity contribution in [2.45, 2.75) is 12.8 Å². The average Bonchev–Trinajstić information content (AvgIpc) is 2.66. The Morgan fingerprint density at radius 2 is 1.56 bits per heavy atom. The van der Waals surface area contributed by atoms with Gasteiger partial charge < -0.3 is 14.8 Å². The lowest BCUT2D eigenvalue weighted by Crippen LogP contribution is -2.21. The van der Waals surface area contributed by atoms with Gasteiger partial charge in [-0.25, -0.2) is 9.59 Å². The lowest BCUT2D eigenvalue weighted by Gasteiger charge is -2.15. The first-order valence-corrected chi connectivity index (χ1v) is 7.64. The smallest absolute Gasteiger partial charge is 0.339 e. The van der Waals surface area contributed by atoms with Gasteiger partial charge in [0, 0.05) is 0 Å². The van der Waals surface area contributed by atoms with E-state index in [-0.39, 0.29) is 22.7 Å². The number of benzene rings is 2. The van der Waals surface area contributed by atoms with Crippen LogP contribution in [0.3, 0.4) is 0 Å². The molecular formula is C19H19NO5. The van der Waals surface area contributed by atoms with Gasteiger partial charge in [-0.2, -0.15) is 0 Å². The van der Waals surface area contributed by atoms with E-state index in [1.165, 1.54) is 32.4 Å². The van der Waals surface area contributed by atoms with Gasteiger partial charge >= 0.3 is 11.9 Å². The van der Waals surface area contributed by atoms with E-state index < -0.39 is 17.9 Å². The molecule has 1 atom stereocenters. The van der Waals surface area contributed by atoms with Crippen LogP contribution >= 0.6 is 0 Å². The molecule has 6 nitrogen and oxygen atoms in total. The first kappa shape index (κ1) is 18.2. The molecule has 0 radical (unpaired) electrons. The van der Waals surface area contributed by atoms with Crippen molar-refractivity contribution < 1.29 is 23.9 Å². The molecule has 0 saturated heterocycles. The topological polar surface area (TPSA) is 81.7 Å². The molecule has 6 heteroatoms. The maximum absolute atomic E-state index is 12.5. The molecule has 0 unspecified atom stereocenters. The van der Waals surface area contributed by atoms with E-state index in [9.17, 15) is 14.4 Å². The van der Waals surface area contributed by atoms with Crippen molar-refractivity contribution in [2.24, 2.45) is 0 Å². The number of esters is 2. The van der Waals surface area contributed by atoms with Crippen LogP contribution in [0.25, 0.3) is 0 Å². The van der Waals surface area contributed by atoms with E-state index in [4.69, 9.17) is 4.74 Å². The van der Waals surface area contributed by atoms with Crippen molar-refractivity contribution >= 4 is 23.5 Å². The van der Waals surface area contributed by atoms with Crippen molar-refractivity contribution in [2.75, 3.05) is 19.5 Å². The predicted molar refractivity (Wildman–Crippen MR) is 92.6 cm³/mol. The molecule has 2 aromatic rings. The summed E-state index contributed by atoms with van der Waals surface area (Å²) in [5.41, 5.74) is 1.41. The monoisotopic (exact) mass is 341 g/mol. The van der Waals surface area contributed by atoms with Crippen molar-refractivity contribution in [3.05, 3.63) is 65.2 Å². The quantitative estimate of drug-likeness (QED) is 0.846. The SMILES string of the molecule is COC(=O)c1ccc(C(=O)OC)c(NC(=O)[C@@H](C)c2ccccc2)c1. The summed E-state index contributed by atoms with van der Waals surface area (Å²) in [5, 5.41) is 2.70. The Balaban J connectivity index is 2.33. The average molecular weight is 341 g/mol. The molecule has 1 amide bonds. The first-order chi connectivity index (χ1) is 12.0. The largest absolute Gasteiger partial charge is 0.465 e. The van der Waals surface area contributed by atoms with Crippen LogP contribution in [0.2, 0.25) is 0 Å². The zero-order chi connectivity index (χ0) is 18.4. The highest BCUT2D eigenvalue weighted by Gasteiger charge is 2.20. The molecule has 2 rings (SSSR count). The lowest BCUT2D eigenvalue weighted by atomic mass is 10.00. The van der Waals surface area contributed by atoms with E-state index in [0.717, 1.165) is 5.56 Å². The summed E-state index contributed by atoms with van der Waals surface area (Å²) in [5.74, 6) is -1.92. The molecular weight excluding hydrogens is 322 g/mol. The summed E-state index contributed by atoms with van der Waals surface area (Å²) in [7, 11) is 2.50. The maximum atomic E-state index is 12.5. The molecule has 1 N–H and O–H groups in total. The van der Waals surface area contributed by atoms with Crippen molar-refractivity contribution in [1.82, 2.24) is 0 Å². The lowest BCUT2D eigenvalue weighted by molar-refractivity contribution is -0.117. The Morgan fingerprint density at radius 1 is 0.920 bits per heavy atom. The molecule has 0 heterocycles. The maximum Gasteiger partial charge on any atom is 0.339 e. The van der Waals surface area contributed by atoms with E-state index in [2.05, 4.69) is 10.1 Å². The van der Waals surface area contributed by atoms with Crippen LogP contribution in [0.15, 0.2) is 48.5 Å². The number of amides is 1. The van der Waals surface area contributed by atoms with Crippen LogP contribution in [0.1, 0.15) is 39.1 Å². The van der Waals surface area contributed by atoms with Gasteiger partial charge in [0.2, 0.25) is 5.91 Å². The van der Waals surface area contributed by atoms with E-state index in [1.54, 1.807) is 6.92 Å². The van der Waals surface area contributed by atoms with Gasteiger partial charge in [0.25, 0.3) is 0 Å². The highest BCUT2D eigenvalue weighted by molar-refractivity contribution is 6.04. The van der Waals surface area contributed by atoms with E-state index in [1.807, 2.05) is 30.3 Å². The molecule has 0 spiro atoms. The second-order valence-corrected chi connectivity index (χ2v) is 5.37. The van der Waals surface area contributed by atoms with Crippen LogP contribution in [0.5, 0.6) is 0 Å². The van der Waals surface area contributed by atoms with Crippen molar-refractivity contribution in [3.63, 3.8) is 0 Å². The number of methoxy groups -OCH3 is 2. The molecule has 25 heavy (non-hydrogen) atoms. The third-order valence-corrected chi connectivity index (χ3v) is 3.80. The van der Waals surface area contributed by atoms with Gasteiger partial charge in [0.05, 0.1) is 37.0 Å². The summed E-state index contributed by atoms with van der Waals surface area (Å²) in [6.07, 6.45) is 0. The highest BCUT2D eigenvalue weighted by Crippen LogP contribution is 2.23. The highest BCUT2D eigenvalue weighted by atomic mass is 16.5. The Hall–Kier alpha value is -3.15. The molecule has 0 aliphatic rings. The first-order valence-electron chi connectivity index (χ1n) is 7.64. The number of carbonyl (C=O) groups is 3. The van der Waals surface area contributed by atoms with Gasteiger partial charge in [0.1, 0.15) is 0 Å². The fourth-order valence-electron chi connectivity index (χ4n) is 2.31. The van der Waals surface area contributed by atoms with E-state index >= 15 is 0 Å². The van der Waals surface area contributed by atoms with Gasteiger partial charge in [-0.1, -0.05) is 30.3 Å². The fraction of sp³-hybridized carbons (Fsp3) is 0.211. The molecule has 0 aromatic heterocycles. The van der Waals surface area contributed by atoms with Gasteiger partial charge in [-0.15, -0.1) is 0 Å². The van der Waals surface area contributed by atoms with Crippen molar-refractivity contribution in [3.8, 4) is 0 Å². The number of nitrogens with one attached hydrogen (secondary N) is 1. The number of anilines is 1. The minimum Gasteiger partial charge on any atom is -0.465 e. The summed E-state index contributed by atoms with van der Waals surface area (Å²) in [6.45, 7) is 1.76. The summed E-state index contributed by atoms with van der Waals surface area (Å²) >= 11 is 0. The number of hydrogen-bond donors (Lipinski definition) is 1. The molecule has 0 aliphatic carbocycles. The number of hydrogen-bond acceptors (Lipinski definition) is 5. The fourth-order valence-corrected chi connectivity index (χ4v) is 2.31. The summed E-state index contributed by atoms with van der Waals surface area (Å²) < 4.78 is 9.40.